The molecule has 0 aromatic rings. The van der Waals surface area contributed by atoms with Gasteiger partial charge in [0, 0.05) is 12.6 Å². The van der Waals surface area contributed by atoms with Crippen LogP contribution in [0.15, 0.2) is 0 Å². The average Bonchev–Trinajstić information content (AvgIpc) is 2.68. The Morgan fingerprint density at radius 2 is 2.13 bits per heavy atom. The van der Waals surface area contributed by atoms with Crippen molar-refractivity contribution in [1.82, 2.24) is 5.32 Å². The smallest absolute Gasteiger partial charge is 0.246 e. The van der Waals surface area contributed by atoms with Gasteiger partial charge in [0.1, 0.15) is 6.10 Å². The van der Waals surface area contributed by atoms with Gasteiger partial charge in [0.15, 0.2) is 0 Å². The lowest BCUT2D eigenvalue weighted by Gasteiger charge is -2.18. The Balaban J connectivity index is 2.21. The Labute approximate surface area is 91.5 Å². The fraction of sp³-hybridized carbons (Fsp3) is 0.909. The van der Waals surface area contributed by atoms with Gasteiger partial charge in [-0.1, -0.05) is 13.8 Å². The molecule has 1 saturated heterocycles. The summed E-state index contributed by atoms with van der Waals surface area (Å²) in [6, 6.07) is 0.557. The molecule has 0 aliphatic carbocycles. The molecule has 1 aliphatic rings. The molecule has 1 amide bonds. The van der Waals surface area contributed by atoms with E-state index in [1.807, 2.05) is 0 Å². The van der Waals surface area contributed by atoms with E-state index in [1.165, 1.54) is 0 Å². The summed E-state index contributed by atoms with van der Waals surface area (Å²) >= 11 is 0. The van der Waals surface area contributed by atoms with E-state index in [4.69, 9.17) is 10.5 Å². The number of carbonyl (C=O) groups is 1. The zero-order valence-electron chi connectivity index (χ0n) is 9.66. The Kier molecular flexibility index (Phi) is 5.05. The summed E-state index contributed by atoms with van der Waals surface area (Å²) in [5, 5.41) is 3.44. The zero-order chi connectivity index (χ0) is 11.3. The minimum atomic E-state index is -0.362. The largest absolute Gasteiger partial charge is 0.367 e. The van der Waals surface area contributed by atoms with Crippen LogP contribution in [0.3, 0.4) is 0 Å². The summed E-state index contributed by atoms with van der Waals surface area (Å²) in [4.78, 5) is 10.9. The maximum Gasteiger partial charge on any atom is 0.246 e. The maximum absolute atomic E-state index is 10.9. The van der Waals surface area contributed by atoms with Crippen molar-refractivity contribution in [2.24, 2.45) is 5.73 Å². The lowest BCUT2D eigenvalue weighted by Crippen LogP contribution is -2.36. The lowest BCUT2D eigenvalue weighted by atomic mass is 10.1. The van der Waals surface area contributed by atoms with Gasteiger partial charge in [-0.25, -0.2) is 0 Å². The number of hydrogen-bond acceptors (Lipinski definition) is 3. The summed E-state index contributed by atoms with van der Waals surface area (Å²) in [5.74, 6) is -0.333. The monoisotopic (exact) mass is 214 g/mol. The number of primary amides is 1. The molecule has 1 heterocycles. The third-order valence-corrected chi connectivity index (χ3v) is 3.04. The van der Waals surface area contributed by atoms with Gasteiger partial charge >= 0.3 is 0 Å². The molecule has 3 N–H and O–H groups in total. The second kappa shape index (κ2) is 6.08. The molecule has 4 nitrogen and oxygen atoms in total. The first-order chi connectivity index (χ1) is 7.17. The van der Waals surface area contributed by atoms with Crippen LogP contribution in [0.25, 0.3) is 0 Å². The van der Waals surface area contributed by atoms with E-state index in [1.54, 1.807) is 0 Å². The van der Waals surface area contributed by atoms with E-state index >= 15 is 0 Å². The highest BCUT2D eigenvalue weighted by molar-refractivity contribution is 5.79. The first-order valence-electron chi connectivity index (χ1n) is 5.85. The fourth-order valence-electron chi connectivity index (χ4n) is 1.94. The normalized spacial score (nSPS) is 26.1. The average molecular weight is 214 g/mol. The van der Waals surface area contributed by atoms with Crippen LogP contribution in [0.1, 0.15) is 39.5 Å². The molecule has 15 heavy (non-hydrogen) atoms. The standard InChI is InChI=1S/C11H22N2O2/c1-3-8(4-2)13-7-9-5-6-10(15-9)11(12)14/h8-10,13H,3-7H2,1-2H3,(H2,12,14). The van der Waals surface area contributed by atoms with E-state index in [2.05, 4.69) is 19.2 Å². The zero-order valence-corrected chi connectivity index (χ0v) is 9.66. The van der Waals surface area contributed by atoms with Crippen LogP contribution in [0.2, 0.25) is 0 Å². The van der Waals surface area contributed by atoms with Gasteiger partial charge in [0.2, 0.25) is 5.91 Å². The van der Waals surface area contributed by atoms with Crippen LogP contribution < -0.4 is 11.1 Å². The van der Waals surface area contributed by atoms with Crippen LogP contribution in [0.5, 0.6) is 0 Å². The molecule has 0 spiro atoms. The van der Waals surface area contributed by atoms with E-state index in [0.29, 0.717) is 6.04 Å². The van der Waals surface area contributed by atoms with Crippen molar-refractivity contribution < 1.29 is 9.53 Å². The maximum atomic E-state index is 10.9. The molecule has 1 aliphatic heterocycles. The van der Waals surface area contributed by atoms with Crippen molar-refractivity contribution in [1.29, 1.82) is 0 Å². The molecule has 0 saturated carbocycles. The molecule has 0 aromatic heterocycles. The fourth-order valence-corrected chi connectivity index (χ4v) is 1.94. The van der Waals surface area contributed by atoms with Crippen LogP contribution in [-0.2, 0) is 9.53 Å². The van der Waals surface area contributed by atoms with Gasteiger partial charge < -0.3 is 15.8 Å². The van der Waals surface area contributed by atoms with Crippen molar-refractivity contribution in [2.75, 3.05) is 6.54 Å². The van der Waals surface area contributed by atoms with Gasteiger partial charge in [-0.05, 0) is 25.7 Å². The molecule has 1 fully saturated rings. The summed E-state index contributed by atoms with van der Waals surface area (Å²) in [7, 11) is 0. The molecule has 88 valence electrons. The number of nitrogens with two attached hydrogens (primary N) is 1. The number of nitrogens with one attached hydrogen (secondary N) is 1. The number of ether oxygens (including phenoxy) is 1. The minimum absolute atomic E-state index is 0.156. The quantitative estimate of drug-likeness (QED) is 0.687. The highest BCUT2D eigenvalue weighted by Crippen LogP contribution is 2.18. The molecular formula is C11H22N2O2. The molecule has 2 atom stereocenters. The summed E-state index contributed by atoms with van der Waals surface area (Å²) < 4.78 is 5.53. The number of amides is 1. The second-order valence-corrected chi connectivity index (χ2v) is 4.15. The Morgan fingerprint density at radius 3 is 2.60 bits per heavy atom. The molecule has 4 heteroatoms. The van der Waals surface area contributed by atoms with Gasteiger partial charge in [-0.3, -0.25) is 4.79 Å². The minimum Gasteiger partial charge on any atom is -0.367 e. The molecule has 2 unspecified atom stereocenters. The van der Waals surface area contributed by atoms with Crippen molar-refractivity contribution in [3.05, 3.63) is 0 Å². The van der Waals surface area contributed by atoms with Gasteiger partial charge in [-0.15, -0.1) is 0 Å². The van der Waals surface area contributed by atoms with Gasteiger partial charge in [0.25, 0.3) is 0 Å². The van der Waals surface area contributed by atoms with Crippen molar-refractivity contribution >= 4 is 5.91 Å². The first-order valence-corrected chi connectivity index (χ1v) is 5.85. The number of carbonyl (C=O) groups excluding carboxylic acids is 1. The predicted molar refractivity (Wildman–Crippen MR) is 59.5 cm³/mol. The topological polar surface area (TPSA) is 64.3 Å². The van der Waals surface area contributed by atoms with Crippen LogP contribution >= 0.6 is 0 Å². The van der Waals surface area contributed by atoms with Crippen molar-refractivity contribution in [3.8, 4) is 0 Å². The van der Waals surface area contributed by atoms with E-state index in [-0.39, 0.29) is 18.1 Å². The highest BCUT2D eigenvalue weighted by atomic mass is 16.5. The van der Waals surface area contributed by atoms with Crippen molar-refractivity contribution in [2.45, 2.75) is 57.8 Å². The molecular weight excluding hydrogens is 192 g/mol. The lowest BCUT2D eigenvalue weighted by molar-refractivity contribution is -0.128. The van der Waals surface area contributed by atoms with E-state index in [9.17, 15) is 4.79 Å². The number of rotatable bonds is 6. The first kappa shape index (κ1) is 12.5. The molecule has 0 bridgehead atoms. The van der Waals surface area contributed by atoms with Crippen LogP contribution in [-0.4, -0.2) is 30.7 Å². The number of hydrogen-bond donors (Lipinski definition) is 2. The SMILES string of the molecule is CCC(CC)NCC1CCC(C(N)=O)O1. The Hall–Kier alpha value is -0.610. The summed E-state index contributed by atoms with van der Waals surface area (Å²) in [6.45, 7) is 5.17. The van der Waals surface area contributed by atoms with Crippen LogP contribution in [0.4, 0.5) is 0 Å². The second-order valence-electron chi connectivity index (χ2n) is 4.15. The highest BCUT2D eigenvalue weighted by Gasteiger charge is 2.28. The predicted octanol–water partition coefficient (Wildman–Crippen LogP) is 0.797. The Morgan fingerprint density at radius 1 is 1.47 bits per heavy atom. The summed E-state index contributed by atoms with van der Waals surface area (Å²) in [5.41, 5.74) is 5.18. The van der Waals surface area contributed by atoms with Gasteiger partial charge in [-0.2, -0.15) is 0 Å². The van der Waals surface area contributed by atoms with Crippen molar-refractivity contribution in [3.63, 3.8) is 0 Å². The molecule has 0 radical (unpaired) electrons. The molecule has 1 rings (SSSR count). The third-order valence-electron chi connectivity index (χ3n) is 3.04. The molecule has 0 aromatic carbocycles. The van der Waals surface area contributed by atoms with E-state index in [0.717, 1.165) is 32.2 Å². The Bertz CT molecular complexity index is 205. The van der Waals surface area contributed by atoms with E-state index < -0.39 is 0 Å². The third kappa shape index (κ3) is 3.80. The summed E-state index contributed by atoms with van der Waals surface area (Å²) in [6.07, 6.45) is 3.75. The van der Waals surface area contributed by atoms with Crippen LogP contribution in [0, 0.1) is 0 Å². The van der Waals surface area contributed by atoms with Gasteiger partial charge in [0.05, 0.1) is 6.10 Å².